The predicted octanol–water partition coefficient (Wildman–Crippen LogP) is 3.49. The van der Waals surface area contributed by atoms with Gasteiger partial charge < -0.3 is 20.3 Å². The van der Waals surface area contributed by atoms with Crippen molar-refractivity contribution in [1.82, 2.24) is 15.5 Å². The summed E-state index contributed by atoms with van der Waals surface area (Å²) in [7, 11) is 3.68. The van der Waals surface area contributed by atoms with E-state index in [1.54, 1.807) is 7.11 Å². The fourth-order valence-electron chi connectivity index (χ4n) is 4.45. The van der Waals surface area contributed by atoms with Gasteiger partial charge in [-0.1, -0.05) is 19.8 Å². The Hall–Kier alpha value is -0.0800. The fourth-order valence-corrected chi connectivity index (χ4v) is 4.45. The SMILES string of the molecule is CN=C(NCCCN1CCCC(C)C1)NCC1(CCOC)CCCC1.I. The van der Waals surface area contributed by atoms with Crippen LogP contribution >= 0.6 is 24.0 Å². The molecular formula is C20H41IN4O. The number of hydrogen-bond donors (Lipinski definition) is 2. The Kier molecular flexibility index (Phi) is 12.1. The monoisotopic (exact) mass is 480 g/mol. The molecule has 0 bridgehead atoms. The fraction of sp³-hybridized carbons (Fsp3) is 0.950. The third kappa shape index (κ3) is 8.30. The van der Waals surface area contributed by atoms with Crippen LogP contribution in [-0.4, -0.2) is 64.3 Å². The minimum absolute atomic E-state index is 0. The number of hydrogen-bond acceptors (Lipinski definition) is 3. The van der Waals surface area contributed by atoms with Crippen molar-refractivity contribution < 1.29 is 4.74 Å². The molecule has 6 heteroatoms. The molecule has 2 fully saturated rings. The number of nitrogens with zero attached hydrogens (tertiary/aromatic N) is 2. The molecule has 2 N–H and O–H groups in total. The first-order valence-electron chi connectivity index (χ1n) is 10.3. The maximum Gasteiger partial charge on any atom is 0.190 e. The van der Waals surface area contributed by atoms with E-state index in [4.69, 9.17) is 4.74 Å². The maximum absolute atomic E-state index is 5.33. The topological polar surface area (TPSA) is 48.9 Å². The van der Waals surface area contributed by atoms with Crippen LogP contribution in [0.4, 0.5) is 0 Å². The molecule has 0 aromatic carbocycles. The largest absolute Gasteiger partial charge is 0.385 e. The first-order valence-corrected chi connectivity index (χ1v) is 10.3. The van der Waals surface area contributed by atoms with Gasteiger partial charge in [0.05, 0.1) is 0 Å². The van der Waals surface area contributed by atoms with Crippen molar-refractivity contribution in [3.63, 3.8) is 0 Å². The zero-order valence-electron chi connectivity index (χ0n) is 17.2. The average molecular weight is 480 g/mol. The second-order valence-electron chi connectivity index (χ2n) is 8.20. The number of guanidine groups is 1. The number of likely N-dealkylation sites (tertiary alicyclic amines) is 1. The molecular weight excluding hydrogens is 439 g/mol. The highest BCUT2D eigenvalue weighted by molar-refractivity contribution is 14.0. The van der Waals surface area contributed by atoms with Gasteiger partial charge in [-0.2, -0.15) is 0 Å². The molecule has 0 aromatic heterocycles. The van der Waals surface area contributed by atoms with Gasteiger partial charge in [-0.15, -0.1) is 24.0 Å². The molecule has 1 saturated carbocycles. The van der Waals surface area contributed by atoms with E-state index >= 15 is 0 Å². The molecule has 2 rings (SSSR count). The van der Waals surface area contributed by atoms with Crippen molar-refractivity contribution in [3.05, 3.63) is 0 Å². The van der Waals surface area contributed by atoms with Crippen molar-refractivity contribution in [1.29, 1.82) is 0 Å². The molecule has 1 heterocycles. The molecule has 1 atom stereocenters. The maximum atomic E-state index is 5.33. The van der Waals surface area contributed by atoms with E-state index in [0.29, 0.717) is 5.41 Å². The molecule has 0 amide bonds. The molecule has 1 unspecified atom stereocenters. The van der Waals surface area contributed by atoms with Crippen molar-refractivity contribution in [3.8, 4) is 0 Å². The molecule has 0 spiro atoms. The lowest BCUT2D eigenvalue weighted by atomic mass is 9.83. The summed E-state index contributed by atoms with van der Waals surface area (Å²) in [5, 5.41) is 7.07. The van der Waals surface area contributed by atoms with Crippen molar-refractivity contribution in [2.24, 2.45) is 16.3 Å². The van der Waals surface area contributed by atoms with E-state index in [0.717, 1.165) is 38.0 Å². The van der Waals surface area contributed by atoms with Crippen LogP contribution in [0.2, 0.25) is 0 Å². The van der Waals surface area contributed by atoms with Gasteiger partial charge >= 0.3 is 0 Å². The zero-order chi connectivity index (χ0) is 18.0. The van der Waals surface area contributed by atoms with Crippen LogP contribution in [-0.2, 0) is 4.74 Å². The zero-order valence-corrected chi connectivity index (χ0v) is 19.5. The van der Waals surface area contributed by atoms with Gasteiger partial charge in [0.1, 0.15) is 0 Å². The van der Waals surface area contributed by atoms with Crippen LogP contribution in [0.1, 0.15) is 58.3 Å². The first-order chi connectivity index (χ1) is 12.2. The lowest BCUT2D eigenvalue weighted by molar-refractivity contribution is 0.138. The van der Waals surface area contributed by atoms with Gasteiger partial charge in [-0.3, -0.25) is 4.99 Å². The first kappa shape index (κ1) is 24.0. The van der Waals surface area contributed by atoms with E-state index in [2.05, 4.69) is 27.4 Å². The highest BCUT2D eigenvalue weighted by Crippen LogP contribution is 2.40. The number of methoxy groups -OCH3 is 1. The van der Waals surface area contributed by atoms with Gasteiger partial charge in [0.25, 0.3) is 0 Å². The van der Waals surface area contributed by atoms with Gasteiger partial charge in [0, 0.05) is 40.4 Å². The van der Waals surface area contributed by atoms with E-state index in [-0.39, 0.29) is 24.0 Å². The molecule has 0 radical (unpaired) electrons. The van der Waals surface area contributed by atoms with Gasteiger partial charge in [-0.05, 0) is 62.9 Å². The summed E-state index contributed by atoms with van der Waals surface area (Å²) in [6.45, 7) is 9.00. The number of piperidine rings is 1. The van der Waals surface area contributed by atoms with Gasteiger partial charge in [0.2, 0.25) is 0 Å². The molecule has 1 aliphatic heterocycles. The van der Waals surface area contributed by atoms with Crippen LogP contribution in [0.25, 0.3) is 0 Å². The minimum atomic E-state index is 0. The molecule has 1 saturated heterocycles. The van der Waals surface area contributed by atoms with E-state index in [9.17, 15) is 0 Å². The van der Waals surface area contributed by atoms with Crippen molar-refractivity contribution in [2.75, 3.05) is 53.5 Å². The molecule has 1 aliphatic carbocycles. The number of ether oxygens (including phenoxy) is 1. The third-order valence-electron chi connectivity index (χ3n) is 6.04. The second-order valence-corrected chi connectivity index (χ2v) is 8.20. The van der Waals surface area contributed by atoms with E-state index in [1.807, 2.05) is 7.05 Å². The summed E-state index contributed by atoms with van der Waals surface area (Å²) >= 11 is 0. The summed E-state index contributed by atoms with van der Waals surface area (Å²) in [5.41, 5.74) is 0.400. The normalized spacial score (nSPS) is 23.5. The average Bonchev–Trinajstić information content (AvgIpc) is 3.09. The number of halogens is 1. The Bertz CT molecular complexity index is 399. The minimum Gasteiger partial charge on any atom is -0.385 e. The summed E-state index contributed by atoms with van der Waals surface area (Å²) in [6.07, 6.45) is 10.4. The Morgan fingerprint density at radius 1 is 1.23 bits per heavy atom. The van der Waals surface area contributed by atoms with Crippen molar-refractivity contribution in [2.45, 2.75) is 58.3 Å². The highest BCUT2D eigenvalue weighted by Gasteiger charge is 2.33. The lowest BCUT2D eigenvalue weighted by Crippen LogP contribution is -2.44. The van der Waals surface area contributed by atoms with Crippen molar-refractivity contribution >= 4 is 29.9 Å². The Morgan fingerprint density at radius 2 is 2.00 bits per heavy atom. The summed E-state index contributed by atoms with van der Waals surface area (Å²) in [6, 6.07) is 0. The van der Waals surface area contributed by atoms with Crippen LogP contribution < -0.4 is 10.6 Å². The second kappa shape index (κ2) is 13.2. The number of aliphatic imine (C=N–C) groups is 1. The molecule has 2 aliphatic rings. The molecule has 26 heavy (non-hydrogen) atoms. The quantitative estimate of drug-likeness (QED) is 0.230. The van der Waals surface area contributed by atoms with Crippen LogP contribution in [0.3, 0.4) is 0 Å². The van der Waals surface area contributed by atoms with E-state index in [1.165, 1.54) is 64.6 Å². The van der Waals surface area contributed by atoms with Crippen LogP contribution in [0.15, 0.2) is 4.99 Å². The summed E-state index contributed by atoms with van der Waals surface area (Å²) < 4.78 is 5.33. The summed E-state index contributed by atoms with van der Waals surface area (Å²) in [5.74, 6) is 1.82. The van der Waals surface area contributed by atoms with Gasteiger partial charge in [-0.25, -0.2) is 0 Å². The smallest absolute Gasteiger partial charge is 0.190 e. The highest BCUT2D eigenvalue weighted by atomic mass is 127. The number of nitrogens with one attached hydrogen (secondary N) is 2. The molecule has 154 valence electrons. The predicted molar refractivity (Wildman–Crippen MR) is 122 cm³/mol. The Morgan fingerprint density at radius 3 is 2.65 bits per heavy atom. The standard InChI is InChI=1S/C20H40N4O.HI/c1-18-8-6-13-24(16-18)14-7-12-22-19(21-2)23-17-20(11-15-25-3)9-4-5-10-20;/h18H,4-17H2,1-3H3,(H2,21,22,23);1H. The Labute approximate surface area is 178 Å². The summed E-state index contributed by atoms with van der Waals surface area (Å²) in [4.78, 5) is 7.02. The van der Waals surface area contributed by atoms with Crippen LogP contribution in [0, 0.1) is 11.3 Å². The third-order valence-corrected chi connectivity index (χ3v) is 6.04. The molecule has 0 aromatic rings. The lowest BCUT2D eigenvalue weighted by Gasteiger charge is -2.31. The Balaban J connectivity index is 0.00000338. The van der Waals surface area contributed by atoms with Gasteiger partial charge in [0.15, 0.2) is 5.96 Å². The van der Waals surface area contributed by atoms with E-state index < -0.39 is 0 Å². The molecule has 5 nitrogen and oxygen atoms in total. The van der Waals surface area contributed by atoms with Crippen LogP contribution in [0.5, 0.6) is 0 Å². The number of rotatable bonds is 9.